The van der Waals surface area contributed by atoms with Gasteiger partial charge >= 0.3 is 0 Å². The molecule has 2 aliphatic carbocycles. The smallest absolute Gasteiger partial charge is 0.0714 e. The molecule has 11 aromatic rings. The van der Waals surface area contributed by atoms with Gasteiger partial charge in [-0.15, -0.1) is 0 Å². The van der Waals surface area contributed by atoms with Crippen molar-refractivity contribution in [3.8, 4) is 66.8 Å². The maximum Gasteiger partial charge on any atom is 0.0714 e. The molecule has 71 heavy (non-hydrogen) atoms. The minimum atomic E-state index is -0.680. The van der Waals surface area contributed by atoms with Gasteiger partial charge in [0.1, 0.15) is 0 Å². The monoisotopic (exact) mass is 905 g/mol. The Hall–Kier alpha value is -8.78. The zero-order valence-corrected chi connectivity index (χ0v) is 39.9. The molecule has 2 aliphatic rings. The lowest BCUT2D eigenvalue weighted by atomic mass is 9.67. The van der Waals surface area contributed by atoms with Gasteiger partial charge in [0, 0.05) is 22.5 Å². The summed E-state index contributed by atoms with van der Waals surface area (Å²) in [5.74, 6) is 0. The van der Waals surface area contributed by atoms with Crippen LogP contribution < -0.4 is 4.90 Å². The summed E-state index contributed by atoms with van der Waals surface area (Å²) in [5, 5.41) is 0. The second-order valence-electron chi connectivity index (χ2n) is 19.6. The quantitative estimate of drug-likeness (QED) is 0.139. The average Bonchev–Trinajstić information content (AvgIpc) is 3.87. The second-order valence-corrected chi connectivity index (χ2v) is 19.6. The van der Waals surface area contributed by atoms with E-state index in [1.165, 1.54) is 100 Å². The van der Waals surface area contributed by atoms with Gasteiger partial charge in [-0.2, -0.15) is 0 Å². The molecule has 13 rings (SSSR count). The van der Waals surface area contributed by atoms with Crippen molar-refractivity contribution < 1.29 is 0 Å². The topological polar surface area (TPSA) is 3.24 Å². The third-order valence-electron chi connectivity index (χ3n) is 15.4. The zero-order chi connectivity index (χ0) is 47.5. The van der Waals surface area contributed by atoms with Gasteiger partial charge in [-0.1, -0.05) is 244 Å². The molecule has 0 amide bonds. The third kappa shape index (κ3) is 6.91. The Morgan fingerprint density at radius 2 is 0.704 bits per heavy atom. The average molecular weight is 906 g/mol. The number of benzene rings is 11. The molecule has 0 spiro atoms. The normalized spacial score (nSPS) is 14.8. The van der Waals surface area contributed by atoms with E-state index in [0.717, 1.165) is 17.1 Å². The Morgan fingerprint density at radius 3 is 1.32 bits per heavy atom. The van der Waals surface area contributed by atoms with Crippen molar-refractivity contribution in [1.29, 1.82) is 0 Å². The number of anilines is 3. The van der Waals surface area contributed by atoms with Crippen LogP contribution in [0.4, 0.5) is 17.1 Å². The Labute approximate surface area is 417 Å². The minimum absolute atomic E-state index is 0.176. The lowest BCUT2D eigenvalue weighted by Gasteiger charge is -2.35. The number of hydrogen-bond acceptors (Lipinski definition) is 1. The molecule has 0 radical (unpaired) electrons. The van der Waals surface area contributed by atoms with E-state index in [0.29, 0.717) is 0 Å². The summed E-state index contributed by atoms with van der Waals surface area (Å²) < 4.78 is 0. The van der Waals surface area contributed by atoms with Gasteiger partial charge in [0.2, 0.25) is 0 Å². The van der Waals surface area contributed by atoms with E-state index >= 15 is 0 Å². The van der Waals surface area contributed by atoms with Crippen LogP contribution in [-0.4, -0.2) is 0 Å². The van der Waals surface area contributed by atoms with E-state index in [4.69, 9.17) is 0 Å². The van der Waals surface area contributed by atoms with E-state index in [-0.39, 0.29) is 5.41 Å². The lowest BCUT2D eigenvalue weighted by molar-refractivity contribution is 0.660. The number of hydrogen-bond donors (Lipinski definition) is 0. The fourth-order valence-corrected chi connectivity index (χ4v) is 12.0. The molecule has 0 fully saturated rings. The van der Waals surface area contributed by atoms with Crippen LogP contribution >= 0.6 is 0 Å². The second kappa shape index (κ2) is 17.0. The molecule has 1 heteroatoms. The summed E-state index contributed by atoms with van der Waals surface area (Å²) in [6.07, 6.45) is 0. The fourth-order valence-electron chi connectivity index (χ4n) is 12.0. The van der Waals surface area contributed by atoms with Gasteiger partial charge < -0.3 is 4.90 Å². The summed E-state index contributed by atoms with van der Waals surface area (Å²) in [5.41, 5.74) is 24.8. The Morgan fingerprint density at radius 1 is 0.254 bits per heavy atom. The van der Waals surface area contributed by atoms with Crippen LogP contribution in [0, 0.1) is 0 Å². The van der Waals surface area contributed by atoms with Crippen molar-refractivity contribution in [3.63, 3.8) is 0 Å². The predicted molar refractivity (Wildman–Crippen MR) is 298 cm³/mol. The summed E-state index contributed by atoms with van der Waals surface area (Å²) in [6, 6.07) is 101. The number of rotatable bonds is 9. The number of nitrogens with zero attached hydrogens (tertiary/aromatic N) is 1. The number of fused-ring (bicyclic) bond motifs is 6. The molecule has 0 heterocycles. The molecule has 0 aromatic heterocycles. The van der Waals surface area contributed by atoms with Crippen molar-refractivity contribution in [3.05, 3.63) is 306 Å². The van der Waals surface area contributed by atoms with E-state index in [2.05, 4.69) is 292 Å². The van der Waals surface area contributed by atoms with Crippen molar-refractivity contribution in [1.82, 2.24) is 0 Å². The maximum atomic E-state index is 2.53. The van der Waals surface area contributed by atoms with E-state index in [1.54, 1.807) is 0 Å². The van der Waals surface area contributed by atoms with Crippen LogP contribution in [0.25, 0.3) is 66.8 Å². The molecule has 0 saturated carbocycles. The molecule has 1 unspecified atom stereocenters. The van der Waals surface area contributed by atoms with Gasteiger partial charge in [-0.25, -0.2) is 0 Å². The Balaban J connectivity index is 1.12. The molecule has 0 aliphatic heterocycles. The van der Waals surface area contributed by atoms with Crippen molar-refractivity contribution in [2.45, 2.75) is 24.7 Å². The lowest BCUT2D eigenvalue weighted by Crippen LogP contribution is -2.29. The highest BCUT2D eigenvalue weighted by atomic mass is 15.1. The first kappa shape index (κ1) is 42.3. The zero-order valence-electron chi connectivity index (χ0n) is 39.9. The van der Waals surface area contributed by atoms with Gasteiger partial charge in [-0.05, 0) is 143 Å². The van der Waals surface area contributed by atoms with Crippen LogP contribution in [-0.2, 0) is 10.8 Å². The Kier molecular flexibility index (Phi) is 10.1. The summed E-state index contributed by atoms with van der Waals surface area (Å²) in [7, 11) is 0. The molecular weight excluding hydrogens is 855 g/mol. The Bertz CT molecular complexity index is 3730. The van der Waals surface area contributed by atoms with Gasteiger partial charge in [0.25, 0.3) is 0 Å². The molecule has 336 valence electrons. The van der Waals surface area contributed by atoms with Crippen molar-refractivity contribution in [2.24, 2.45) is 0 Å². The molecule has 0 saturated heterocycles. The standard InChI is InChI=1S/C70H51N/c1-69(2)64-31-19-18-30-60(64)61-42-41-58(46-66(61)69)71(57-39-34-52(35-40-57)49-22-10-4-11-23-49)59-45-62(53-26-14-6-15-27-53)68-63-44-54(50-24-12-5-13-25-50)36-43-65(63)70(67(68)47-59,55-28-16-7-17-29-55)56-37-32-51(33-38-56)48-20-8-3-9-21-48/h3-47H,1-2H3. The van der Waals surface area contributed by atoms with Crippen molar-refractivity contribution in [2.75, 3.05) is 4.90 Å². The molecular formula is C70H51N. The first-order valence-electron chi connectivity index (χ1n) is 24.8. The molecule has 0 N–H and O–H groups in total. The fraction of sp³-hybridized carbons (Fsp3) is 0.0571. The SMILES string of the molecule is CC1(C)c2ccccc2-c2ccc(N(c3ccc(-c4ccccc4)cc3)c3cc(-c4ccccc4)c4c(c3)C(c3ccccc3)(c3ccc(-c5ccccc5)cc3)c3ccc(-c5ccccc5)cc3-4)cc21. The first-order chi connectivity index (χ1) is 35.0. The summed E-state index contributed by atoms with van der Waals surface area (Å²) >= 11 is 0. The van der Waals surface area contributed by atoms with Crippen LogP contribution in [0.1, 0.15) is 47.2 Å². The van der Waals surface area contributed by atoms with Crippen LogP contribution in [0.5, 0.6) is 0 Å². The van der Waals surface area contributed by atoms with Crippen LogP contribution in [0.2, 0.25) is 0 Å². The third-order valence-corrected chi connectivity index (χ3v) is 15.4. The predicted octanol–water partition coefficient (Wildman–Crippen LogP) is 18.5. The molecule has 1 atom stereocenters. The van der Waals surface area contributed by atoms with Crippen molar-refractivity contribution >= 4 is 17.1 Å². The summed E-state index contributed by atoms with van der Waals surface area (Å²) in [6.45, 7) is 4.75. The highest BCUT2D eigenvalue weighted by Crippen LogP contribution is 2.61. The first-order valence-corrected chi connectivity index (χ1v) is 24.8. The molecule has 0 bridgehead atoms. The minimum Gasteiger partial charge on any atom is -0.310 e. The van der Waals surface area contributed by atoms with Crippen LogP contribution in [0.3, 0.4) is 0 Å². The van der Waals surface area contributed by atoms with Crippen LogP contribution in [0.15, 0.2) is 273 Å². The van der Waals surface area contributed by atoms with Gasteiger partial charge in [0.05, 0.1) is 5.41 Å². The van der Waals surface area contributed by atoms with E-state index in [1.807, 2.05) is 0 Å². The molecule has 11 aromatic carbocycles. The highest BCUT2D eigenvalue weighted by molar-refractivity contribution is 6.00. The van der Waals surface area contributed by atoms with Gasteiger partial charge in [-0.3, -0.25) is 0 Å². The van der Waals surface area contributed by atoms with E-state index < -0.39 is 5.41 Å². The maximum absolute atomic E-state index is 2.53. The van der Waals surface area contributed by atoms with E-state index in [9.17, 15) is 0 Å². The van der Waals surface area contributed by atoms with Gasteiger partial charge in [0.15, 0.2) is 0 Å². The largest absolute Gasteiger partial charge is 0.310 e. The highest BCUT2D eigenvalue weighted by Gasteiger charge is 2.48. The molecule has 1 nitrogen and oxygen atoms in total. The summed E-state index contributed by atoms with van der Waals surface area (Å²) in [4.78, 5) is 2.51.